The molecule has 0 nitrogen and oxygen atoms in total. The van der Waals surface area contributed by atoms with Crippen molar-refractivity contribution in [2.24, 2.45) is 5.41 Å². The van der Waals surface area contributed by atoms with Crippen LogP contribution >= 0.6 is 0 Å². The molecule has 0 saturated carbocycles. The van der Waals surface area contributed by atoms with Crippen molar-refractivity contribution in [1.29, 1.82) is 0 Å². The van der Waals surface area contributed by atoms with Crippen LogP contribution in [0.1, 0.15) is 52.4 Å². The quantitative estimate of drug-likeness (QED) is 0.464. The van der Waals surface area contributed by atoms with Gasteiger partial charge < -0.3 is 0 Å². The summed E-state index contributed by atoms with van der Waals surface area (Å²) in [6.45, 7) is 4.75. The van der Waals surface area contributed by atoms with E-state index >= 15 is 0 Å². The summed E-state index contributed by atoms with van der Waals surface area (Å²) in [7, 11) is 0. The predicted molar refractivity (Wildman–Crippen MR) is 49.3 cm³/mol. The molecule has 0 aliphatic heterocycles. The zero-order chi connectivity index (χ0) is 8.16. The monoisotopic (exact) mass is 150 g/mol. The van der Waals surface area contributed by atoms with Crippen LogP contribution in [0, 0.1) is 17.3 Å². The molecule has 0 aromatic rings. The number of hydrogen-bond donors (Lipinski definition) is 0. The first-order valence-corrected chi connectivity index (χ1v) is 4.66. The maximum Gasteiger partial charge on any atom is 0.00888 e. The van der Waals surface area contributed by atoms with Gasteiger partial charge in [0.05, 0.1) is 0 Å². The Labute approximate surface area is 70.4 Å². The Morgan fingerprint density at radius 2 is 1.36 bits per heavy atom. The molecule has 0 bridgehead atoms. The standard InChI is InChI=1S/C11H18/c1-11(2)9-7-5-3-4-6-8-10-11/h5-10H2,1-2H3. The second-order valence-electron chi connectivity index (χ2n) is 4.22. The minimum absolute atomic E-state index is 0.563. The Hall–Kier alpha value is -0.440. The minimum atomic E-state index is 0.563. The van der Waals surface area contributed by atoms with Crippen molar-refractivity contribution in [1.82, 2.24) is 0 Å². The van der Waals surface area contributed by atoms with Crippen LogP contribution in [0.5, 0.6) is 0 Å². The molecule has 0 heterocycles. The van der Waals surface area contributed by atoms with E-state index in [1.165, 1.54) is 25.7 Å². The van der Waals surface area contributed by atoms with Crippen molar-refractivity contribution in [3.63, 3.8) is 0 Å². The van der Waals surface area contributed by atoms with Crippen molar-refractivity contribution in [3.8, 4) is 11.8 Å². The van der Waals surface area contributed by atoms with E-state index in [4.69, 9.17) is 0 Å². The smallest absolute Gasteiger partial charge is 0.00888 e. The Bertz CT molecular complexity index is 150. The molecule has 1 aliphatic carbocycles. The molecular formula is C11H18. The number of rotatable bonds is 0. The molecule has 0 amide bonds. The zero-order valence-electron chi connectivity index (χ0n) is 7.74. The topological polar surface area (TPSA) is 0 Å². The van der Waals surface area contributed by atoms with E-state index in [2.05, 4.69) is 25.7 Å². The Morgan fingerprint density at radius 1 is 0.909 bits per heavy atom. The third kappa shape index (κ3) is 3.46. The van der Waals surface area contributed by atoms with Gasteiger partial charge in [-0.25, -0.2) is 0 Å². The molecule has 0 unspecified atom stereocenters. The van der Waals surface area contributed by atoms with Crippen LogP contribution in [-0.2, 0) is 0 Å². The minimum Gasteiger partial charge on any atom is -0.103 e. The van der Waals surface area contributed by atoms with Gasteiger partial charge in [0.15, 0.2) is 0 Å². The lowest BCUT2D eigenvalue weighted by atomic mass is 9.83. The molecule has 0 aromatic carbocycles. The Kier molecular flexibility index (Phi) is 3.00. The van der Waals surface area contributed by atoms with E-state index in [0.29, 0.717) is 5.41 Å². The number of hydrogen-bond acceptors (Lipinski definition) is 0. The molecule has 0 aromatic heterocycles. The first-order valence-electron chi connectivity index (χ1n) is 4.66. The van der Waals surface area contributed by atoms with Crippen molar-refractivity contribution in [2.75, 3.05) is 0 Å². The van der Waals surface area contributed by atoms with Crippen molar-refractivity contribution in [2.45, 2.75) is 52.4 Å². The normalized spacial score (nSPS) is 23.8. The van der Waals surface area contributed by atoms with Crippen LogP contribution in [-0.4, -0.2) is 0 Å². The van der Waals surface area contributed by atoms with E-state index in [1.807, 2.05) is 0 Å². The fraction of sp³-hybridized carbons (Fsp3) is 0.818. The van der Waals surface area contributed by atoms with Crippen LogP contribution in [0.15, 0.2) is 0 Å². The first-order chi connectivity index (χ1) is 5.21. The maximum absolute atomic E-state index is 3.22. The van der Waals surface area contributed by atoms with Gasteiger partial charge in [0.25, 0.3) is 0 Å². The van der Waals surface area contributed by atoms with Crippen molar-refractivity contribution >= 4 is 0 Å². The second-order valence-corrected chi connectivity index (χ2v) is 4.22. The van der Waals surface area contributed by atoms with E-state index in [-0.39, 0.29) is 0 Å². The molecule has 0 atom stereocenters. The lowest BCUT2D eigenvalue weighted by Gasteiger charge is -2.23. The van der Waals surface area contributed by atoms with Crippen LogP contribution in [0.3, 0.4) is 0 Å². The SMILES string of the molecule is CC1(C)CCCC#CCCC1. The van der Waals surface area contributed by atoms with Gasteiger partial charge in [0.2, 0.25) is 0 Å². The highest BCUT2D eigenvalue weighted by atomic mass is 14.2. The summed E-state index contributed by atoms with van der Waals surface area (Å²) in [6.07, 6.45) is 7.51. The molecule has 0 spiro atoms. The highest BCUT2D eigenvalue weighted by Crippen LogP contribution is 2.29. The average Bonchev–Trinajstić information content (AvgIpc) is 2.00. The molecule has 0 heteroatoms. The maximum atomic E-state index is 3.22. The molecule has 0 N–H and O–H groups in total. The molecule has 62 valence electrons. The summed E-state index contributed by atoms with van der Waals surface area (Å²) in [5.74, 6) is 6.43. The molecule has 0 saturated heterocycles. The van der Waals surface area contributed by atoms with Gasteiger partial charge in [-0.1, -0.05) is 13.8 Å². The van der Waals surface area contributed by atoms with Gasteiger partial charge in [0, 0.05) is 12.8 Å². The van der Waals surface area contributed by atoms with Crippen LogP contribution in [0.25, 0.3) is 0 Å². The zero-order valence-corrected chi connectivity index (χ0v) is 7.74. The summed E-state index contributed by atoms with van der Waals surface area (Å²) in [6, 6.07) is 0. The molecule has 0 radical (unpaired) electrons. The predicted octanol–water partition coefficient (Wildman–Crippen LogP) is 3.37. The van der Waals surface area contributed by atoms with Gasteiger partial charge in [-0.3, -0.25) is 0 Å². The van der Waals surface area contributed by atoms with Crippen LogP contribution < -0.4 is 0 Å². The average molecular weight is 150 g/mol. The first kappa shape index (κ1) is 8.65. The third-order valence-corrected chi connectivity index (χ3v) is 2.44. The molecule has 1 rings (SSSR count). The van der Waals surface area contributed by atoms with Crippen LogP contribution in [0.2, 0.25) is 0 Å². The largest absolute Gasteiger partial charge is 0.103 e. The Morgan fingerprint density at radius 3 is 1.82 bits per heavy atom. The fourth-order valence-corrected chi connectivity index (χ4v) is 1.61. The van der Waals surface area contributed by atoms with Gasteiger partial charge in [-0.15, -0.1) is 11.8 Å². The van der Waals surface area contributed by atoms with Gasteiger partial charge in [-0.2, -0.15) is 0 Å². The lowest BCUT2D eigenvalue weighted by Crippen LogP contribution is -2.10. The molecular weight excluding hydrogens is 132 g/mol. The van der Waals surface area contributed by atoms with E-state index in [1.54, 1.807) is 0 Å². The van der Waals surface area contributed by atoms with Crippen LogP contribution in [0.4, 0.5) is 0 Å². The summed E-state index contributed by atoms with van der Waals surface area (Å²) in [5, 5.41) is 0. The highest BCUT2D eigenvalue weighted by molar-refractivity contribution is 4.99. The summed E-state index contributed by atoms with van der Waals surface area (Å²) < 4.78 is 0. The fourth-order valence-electron chi connectivity index (χ4n) is 1.61. The highest BCUT2D eigenvalue weighted by Gasteiger charge is 2.16. The van der Waals surface area contributed by atoms with Crippen molar-refractivity contribution < 1.29 is 0 Å². The van der Waals surface area contributed by atoms with Gasteiger partial charge in [-0.05, 0) is 31.1 Å². The molecule has 1 aliphatic rings. The Balaban J connectivity index is 2.41. The van der Waals surface area contributed by atoms with Gasteiger partial charge in [0.1, 0.15) is 0 Å². The van der Waals surface area contributed by atoms with Gasteiger partial charge >= 0.3 is 0 Å². The van der Waals surface area contributed by atoms with E-state index < -0.39 is 0 Å². The summed E-state index contributed by atoms with van der Waals surface area (Å²) >= 11 is 0. The summed E-state index contributed by atoms with van der Waals surface area (Å²) in [4.78, 5) is 0. The summed E-state index contributed by atoms with van der Waals surface area (Å²) in [5.41, 5.74) is 0.563. The lowest BCUT2D eigenvalue weighted by molar-refractivity contribution is 0.295. The van der Waals surface area contributed by atoms with E-state index in [9.17, 15) is 0 Å². The third-order valence-electron chi connectivity index (χ3n) is 2.44. The second kappa shape index (κ2) is 3.81. The van der Waals surface area contributed by atoms with Crippen molar-refractivity contribution in [3.05, 3.63) is 0 Å². The molecule has 0 fully saturated rings. The van der Waals surface area contributed by atoms with E-state index in [0.717, 1.165) is 12.8 Å². The molecule has 11 heavy (non-hydrogen) atoms.